The fraction of sp³-hybridized carbons (Fsp3) is 0.432. The van der Waals surface area contributed by atoms with Crippen LogP contribution in [0.2, 0.25) is 0 Å². The number of phenolic OH excluding ortho intramolecular Hbond substituents is 2. The van der Waals surface area contributed by atoms with Crippen molar-refractivity contribution >= 4 is 117 Å². The van der Waals surface area contributed by atoms with Crippen LogP contribution in [0, 0.1) is 11.8 Å². The van der Waals surface area contributed by atoms with Gasteiger partial charge in [0.2, 0.25) is 88.6 Å². The van der Waals surface area contributed by atoms with Gasteiger partial charge in [-0.3, -0.25) is 76.7 Å². The van der Waals surface area contributed by atoms with Crippen LogP contribution >= 0.6 is 11.8 Å². The van der Waals surface area contributed by atoms with Crippen molar-refractivity contribution in [1.82, 2.24) is 77.3 Å². The summed E-state index contributed by atoms with van der Waals surface area (Å²) in [4.78, 5) is 246. The third-order valence-electron chi connectivity index (χ3n) is 23.2. The average molecular weight is 1840 g/mol. The molecule has 0 saturated carbocycles. The molecule has 16 N–H and O–H groups in total. The Bertz CT molecular complexity index is 5210. The minimum atomic E-state index is -1.98. The molecule has 0 unspecified atom stereocenters. The number of fused-ring (bicyclic) bond motifs is 2. The number of amides is 15. The van der Waals surface area contributed by atoms with Gasteiger partial charge >= 0.3 is 5.97 Å². The van der Waals surface area contributed by atoms with Crippen LogP contribution in [0.3, 0.4) is 0 Å². The summed E-state index contributed by atoms with van der Waals surface area (Å²) in [5.41, 5.74) is 9.05. The third-order valence-corrected chi connectivity index (χ3v) is 24.2. The second-order valence-corrected chi connectivity index (χ2v) is 35.2. The van der Waals surface area contributed by atoms with Crippen LogP contribution in [0.1, 0.15) is 107 Å². The van der Waals surface area contributed by atoms with Crippen LogP contribution in [0.25, 0.3) is 10.9 Å². The first-order chi connectivity index (χ1) is 62.9. The van der Waals surface area contributed by atoms with E-state index in [-0.39, 0.29) is 68.8 Å². The van der Waals surface area contributed by atoms with E-state index in [4.69, 9.17) is 5.73 Å². The maximum Gasteiger partial charge on any atom is 0.305 e. The van der Waals surface area contributed by atoms with Gasteiger partial charge in [0.15, 0.2) is 0 Å². The van der Waals surface area contributed by atoms with E-state index in [1.54, 1.807) is 149 Å². The normalized spacial score (nSPS) is 23.2. The van der Waals surface area contributed by atoms with Crippen molar-refractivity contribution in [3.05, 3.63) is 203 Å². The number of aromatic hydroxyl groups is 2. The lowest BCUT2D eigenvalue weighted by Crippen LogP contribution is -2.61. The number of primary amides is 1. The van der Waals surface area contributed by atoms with Crippen molar-refractivity contribution in [2.45, 2.75) is 190 Å². The van der Waals surface area contributed by atoms with Gasteiger partial charge in [0.1, 0.15) is 84.0 Å². The van der Waals surface area contributed by atoms with Gasteiger partial charge in [0.05, 0.1) is 31.4 Å². The number of aliphatic hydroxyl groups is 1. The zero-order valence-electron chi connectivity index (χ0n) is 75.4. The molecule has 132 heavy (non-hydrogen) atoms. The van der Waals surface area contributed by atoms with Crippen molar-refractivity contribution in [1.29, 1.82) is 0 Å². The Balaban J connectivity index is 1.13. The Hall–Kier alpha value is -13.7. The van der Waals surface area contributed by atoms with Crippen molar-refractivity contribution in [3.8, 4) is 11.5 Å². The SMILES string of the molecule is CCCC[C@H]1C(=O)N2C[C@H](O)C[C@@H]2C(=O)N[C@@H](CC(=O)O)C(=O)N[C@@H](C(C)C)C(=O)N(C)[C@@H](Cc2ccccc2)C(=O)N[C@@H](Cc2ccc(O)cc2)C(=O)N(C)CC(=O)N[C@@H](Cc2c[nH]c3ccccc23)C(=O)N[C@@H](Cc2ccc(O)cc2)C(=O)N[C@@H](CC(C)C)C(=O)N[C@H](C(=O)NCC(N)=O)CSCC(=O)N[C@@H](Cc2ccccc2)C(=O)N(C)[C@@H](Cc2ccccc2)C(=O)N1C. The number of nitrogens with two attached hydrogens (primary N) is 1. The lowest BCUT2D eigenvalue weighted by atomic mass is 9.98. The minimum Gasteiger partial charge on any atom is -0.508 e. The van der Waals surface area contributed by atoms with Gasteiger partial charge in [-0.15, -0.1) is 11.8 Å². The van der Waals surface area contributed by atoms with E-state index in [9.17, 15) is 58.8 Å². The number of aliphatic hydroxyl groups excluding tert-OH is 1. The molecule has 2 fully saturated rings. The Morgan fingerprint density at radius 1 is 0.492 bits per heavy atom. The zero-order valence-corrected chi connectivity index (χ0v) is 76.2. The molecule has 37 heteroatoms. The van der Waals surface area contributed by atoms with Crippen LogP contribution in [0.5, 0.6) is 11.5 Å². The molecule has 9 rings (SSSR count). The number of carboxylic acid groups (broad SMARTS) is 1. The van der Waals surface area contributed by atoms with Crippen LogP contribution < -0.4 is 53.6 Å². The first kappa shape index (κ1) is 102. The molecule has 3 heterocycles. The highest BCUT2D eigenvalue weighted by Crippen LogP contribution is 2.28. The number of unbranched alkanes of at least 4 members (excludes halogenated alkanes) is 1. The number of benzene rings is 6. The first-order valence-corrected chi connectivity index (χ1v) is 45.0. The molecule has 2 aliphatic heterocycles. The number of hydrogen-bond donors (Lipinski definition) is 15. The number of carboxylic acids is 1. The summed E-state index contributed by atoms with van der Waals surface area (Å²) in [6, 6.07) is 25.1. The lowest BCUT2D eigenvalue weighted by Gasteiger charge is -2.38. The number of H-pyrrole nitrogens is 1. The molecule has 36 nitrogen and oxygen atoms in total. The predicted octanol–water partition coefficient (Wildman–Crippen LogP) is 1.83. The number of hydrogen-bond acceptors (Lipinski definition) is 20. The fourth-order valence-electron chi connectivity index (χ4n) is 15.9. The molecule has 2 aliphatic rings. The molecule has 0 aliphatic carbocycles. The Kier molecular flexibility index (Phi) is 37.7. The smallest absolute Gasteiger partial charge is 0.305 e. The molecule has 0 radical (unpaired) electrons. The van der Waals surface area contributed by atoms with Crippen LogP contribution in [-0.2, 0) is 115 Å². The summed E-state index contributed by atoms with van der Waals surface area (Å²) < 4.78 is 0. The van der Waals surface area contributed by atoms with E-state index in [1.165, 1.54) is 76.7 Å². The van der Waals surface area contributed by atoms with E-state index in [1.807, 2.05) is 6.92 Å². The Labute approximate surface area is 769 Å². The average Bonchev–Trinajstić information content (AvgIpc) is 1.21. The van der Waals surface area contributed by atoms with Gasteiger partial charge in [-0.25, -0.2) is 0 Å². The quantitative estimate of drug-likeness (QED) is 0.0434. The molecule has 15 amide bonds. The Morgan fingerprint density at radius 2 is 0.970 bits per heavy atom. The lowest BCUT2D eigenvalue weighted by molar-refractivity contribution is -0.152. The predicted molar refractivity (Wildman–Crippen MR) is 491 cm³/mol. The number of rotatable bonds is 23. The van der Waals surface area contributed by atoms with Crippen molar-refractivity contribution in [2.75, 3.05) is 59.3 Å². The van der Waals surface area contributed by atoms with Crippen molar-refractivity contribution < 1.29 is 97.1 Å². The molecule has 2 saturated heterocycles. The monoisotopic (exact) mass is 1840 g/mol. The number of likely N-dealkylation sites (N-methyl/N-ethyl adjacent to an activating group) is 4. The largest absolute Gasteiger partial charge is 0.508 e. The molecule has 6 aromatic carbocycles. The van der Waals surface area contributed by atoms with E-state index < -0.39 is 223 Å². The molecule has 0 bridgehead atoms. The fourth-order valence-corrected chi connectivity index (χ4v) is 16.8. The van der Waals surface area contributed by atoms with Gasteiger partial charge in [-0.2, -0.15) is 0 Å². The van der Waals surface area contributed by atoms with E-state index >= 15 is 38.4 Å². The second-order valence-electron chi connectivity index (χ2n) is 34.2. The molecular formula is C95H120N16O20S. The molecule has 1 aromatic heterocycles. The maximum absolute atomic E-state index is 15.7. The van der Waals surface area contributed by atoms with Crippen LogP contribution in [0.4, 0.5) is 0 Å². The summed E-state index contributed by atoms with van der Waals surface area (Å²) in [6.07, 6.45) is -2.03. The summed E-state index contributed by atoms with van der Waals surface area (Å²) in [5.74, 6) is -17.9. The Morgan fingerprint density at radius 3 is 1.53 bits per heavy atom. The van der Waals surface area contributed by atoms with Gasteiger partial charge in [0, 0.05) is 103 Å². The number of thioether (sulfide) groups is 1. The number of nitrogens with one attached hydrogen (secondary N) is 10. The maximum atomic E-state index is 15.7. The minimum absolute atomic E-state index is 0.0306. The van der Waals surface area contributed by atoms with Gasteiger partial charge < -0.3 is 103 Å². The standard InChI is InChI=1S/C95H120N16O20S/c1-10-11-31-75-94(130)111-51-65(114)47-77(111)90(126)103-71(48-82(118)119)88(124)106-83(56(4)5)95(131)109(8)76(44-58-25-17-13-18-26-58)89(125)104-72(43-61-34-38-64(113)39-35-61)91(127)107(6)52-80(116)99-70(46-62-49-97-67-30-22-21-29-66(62)67)87(123)102-69(41-60-32-36-63(112)37-33-60)86(122)101-68(40-55(2)3)85(121)105-74(84(120)98-50-79(96)115)53-132-54-81(117)100-73(42-57-23-15-12-16-24-57)92(128)110(9)78(93(129)108(75)7)45-59-27-19-14-20-28-59/h12-30,32-39,49,55-56,65,68-78,83,97,112-114H,10-11,31,40-48,50-54H2,1-9H3,(H2,96,115)(H,98,120)(H,99,116)(H,100,117)(H,101,122)(H,102,123)(H,103,126)(H,104,125)(H,105,121)(H,106,124)(H,118,119)/t65-,68+,69+,70+,71+,72+,73+,74+,75+,76+,77-,78+,83+/m1/s1. The highest BCUT2D eigenvalue weighted by molar-refractivity contribution is 8.00. The number of carbonyl (C=O) groups excluding carboxylic acids is 15. The summed E-state index contributed by atoms with van der Waals surface area (Å²) in [7, 11) is 5.23. The van der Waals surface area contributed by atoms with Gasteiger partial charge in [-0.1, -0.05) is 181 Å². The number of aromatic nitrogens is 1. The van der Waals surface area contributed by atoms with E-state index in [2.05, 4.69) is 52.8 Å². The van der Waals surface area contributed by atoms with Gasteiger partial charge in [-0.05, 0) is 88.4 Å². The number of carbonyl (C=O) groups is 16. The molecular weight excluding hydrogens is 1720 g/mol. The zero-order chi connectivity index (χ0) is 96.2. The van der Waals surface area contributed by atoms with Crippen molar-refractivity contribution in [2.24, 2.45) is 17.6 Å². The van der Waals surface area contributed by atoms with E-state index in [0.717, 1.165) is 36.3 Å². The molecule has 7 aromatic rings. The van der Waals surface area contributed by atoms with Crippen molar-refractivity contribution in [3.63, 3.8) is 0 Å². The number of aliphatic carboxylic acids is 1. The molecule has 706 valence electrons. The highest BCUT2D eigenvalue weighted by atomic mass is 32.2. The molecule has 13 atom stereocenters. The third kappa shape index (κ3) is 29.4. The number of para-hydroxylation sites is 1. The topological polar surface area (TPSA) is 520 Å². The summed E-state index contributed by atoms with van der Waals surface area (Å²) in [6.45, 7) is 6.44. The van der Waals surface area contributed by atoms with Crippen LogP contribution in [-0.4, -0.2) is 282 Å². The van der Waals surface area contributed by atoms with Crippen LogP contribution in [0.15, 0.2) is 170 Å². The summed E-state index contributed by atoms with van der Waals surface area (Å²) >= 11 is 0.820. The number of nitrogens with zero attached hydrogens (tertiary/aromatic N) is 5. The summed E-state index contributed by atoms with van der Waals surface area (Å²) in [5, 5.41) is 67.2. The van der Waals surface area contributed by atoms with E-state index in [0.29, 0.717) is 57.1 Å². The number of aromatic amines is 1. The number of phenols is 2. The van der Waals surface area contributed by atoms with Gasteiger partial charge in [0.25, 0.3) is 0 Å². The highest BCUT2D eigenvalue weighted by Gasteiger charge is 2.47. The molecule has 0 spiro atoms. The second kappa shape index (κ2) is 48.8. The first-order valence-electron chi connectivity index (χ1n) is 43.9.